The predicted octanol–water partition coefficient (Wildman–Crippen LogP) is 2.88. The van der Waals surface area contributed by atoms with E-state index in [0.29, 0.717) is 37.2 Å². The van der Waals surface area contributed by atoms with Gasteiger partial charge in [0.1, 0.15) is 0 Å². The fourth-order valence-corrected chi connectivity index (χ4v) is 5.39. The first-order valence-electron chi connectivity index (χ1n) is 14.5. The lowest BCUT2D eigenvalue weighted by Gasteiger charge is -2.30. The molecule has 5 heterocycles. The Labute approximate surface area is 239 Å². The summed E-state index contributed by atoms with van der Waals surface area (Å²) in [5.41, 5.74) is 10.4. The maximum absolute atomic E-state index is 12.9. The predicted molar refractivity (Wildman–Crippen MR) is 156 cm³/mol. The molecule has 4 aromatic rings. The van der Waals surface area contributed by atoms with Crippen LogP contribution in [-0.2, 0) is 11.3 Å². The van der Waals surface area contributed by atoms with Gasteiger partial charge < -0.3 is 26.0 Å². The molecule has 12 nitrogen and oxygen atoms in total. The lowest BCUT2D eigenvalue weighted by molar-refractivity contribution is 0.0696. The number of aromatic nitrogens is 6. The van der Waals surface area contributed by atoms with Gasteiger partial charge in [0.15, 0.2) is 5.65 Å². The summed E-state index contributed by atoms with van der Waals surface area (Å²) in [6, 6.07) is 8.34. The number of piperidine rings is 1. The summed E-state index contributed by atoms with van der Waals surface area (Å²) in [6.07, 6.45) is 8.75. The average Bonchev–Trinajstić information content (AvgIpc) is 3.65. The molecular weight excluding hydrogens is 520 g/mol. The minimum Gasteiger partial charge on any atom is -0.381 e. The summed E-state index contributed by atoms with van der Waals surface area (Å²) >= 11 is 0. The largest absolute Gasteiger partial charge is 0.381 e. The average molecular weight is 559 g/mol. The van der Waals surface area contributed by atoms with Gasteiger partial charge in [-0.2, -0.15) is 24.7 Å². The number of nitrogens with one attached hydrogen (secondary N) is 2. The van der Waals surface area contributed by atoms with E-state index in [1.807, 2.05) is 30.5 Å². The Hall–Kier alpha value is -4.03. The smallest absolute Gasteiger partial charge is 0.254 e. The van der Waals surface area contributed by atoms with Crippen LogP contribution in [0.25, 0.3) is 11.3 Å². The molecule has 0 aliphatic carbocycles. The van der Waals surface area contributed by atoms with Crippen molar-refractivity contribution < 1.29 is 9.53 Å². The Morgan fingerprint density at radius 3 is 2.63 bits per heavy atom. The van der Waals surface area contributed by atoms with Gasteiger partial charge in [0.25, 0.3) is 5.91 Å². The molecule has 0 saturated carbocycles. The highest BCUT2D eigenvalue weighted by molar-refractivity contribution is 5.94. The lowest BCUT2D eigenvalue weighted by Crippen LogP contribution is -2.40. The van der Waals surface area contributed by atoms with Crippen molar-refractivity contribution >= 4 is 23.5 Å². The van der Waals surface area contributed by atoms with Crippen molar-refractivity contribution in [3.8, 4) is 5.69 Å². The monoisotopic (exact) mass is 558 g/mol. The van der Waals surface area contributed by atoms with Crippen LogP contribution >= 0.6 is 0 Å². The molecule has 12 heteroatoms. The number of hydrogen-bond donors (Lipinski definition) is 3. The maximum Gasteiger partial charge on any atom is 0.254 e. The van der Waals surface area contributed by atoms with Crippen molar-refractivity contribution in [3.63, 3.8) is 0 Å². The molecular formula is C29H38N10O2. The highest BCUT2D eigenvalue weighted by atomic mass is 16.5. The summed E-state index contributed by atoms with van der Waals surface area (Å²) < 4.78 is 8.93. The zero-order valence-electron chi connectivity index (χ0n) is 23.7. The van der Waals surface area contributed by atoms with Crippen LogP contribution in [0.3, 0.4) is 0 Å². The Kier molecular flexibility index (Phi) is 7.84. The number of para-hydroxylation sites is 1. The summed E-state index contributed by atoms with van der Waals surface area (Å²) in [4.78, 5) is 24.9. The van der Waals surface area contributed by atoms with E-state index >= 15 is 0 Å². The number of nitrogens with zero attached hydrogens (tertiary/aromatic N) is 7. The first-order chi connectivity index (χ1) is 20.0. The molecule has 2 saturated heterocycles. The van der Waals surface area contributed by atoms with E-state index in [0.717, 1.165) is 61.2 Å². The van der Waals surface area contributed by atoms with E-state index in [4.69, 9.17) is 20.4 Å². The number of anilines is 2. The standard InChI is InChI=1S/C29H38N10O2/c1-19(2)24-17-33-39-26(24)35-29(37-11-7-22(30)8-12-37)36-28(39)31-15-20-5-3-4-6-25(20)38-18-21(16-32-38)27(40)34-23-9-13-41-14-10-23/h3-6,16-19,22-23H,7-15,30H2,1-2H3,(H,34,40)(H,31,35,36). The second-order valence-electron chi connectivity index (χ2n) is 11.2. The third-order valence-electron chi connectivity index (χ3n) is 7.90. The van der Waals surface area contributed by atoms with Gasteiger partial charge in [0.2, 0.25) is 11.9 Å². The lowest BCUT2D eigenvalue weighted by atomic mass is 10.1. The summed E-state index contributed by atoms with van der Waals surface area (Å²) in [6.45, 7) is 7.77. The van der Waals surface area contributed by atoms with E-state index < -0.39 is 0 Å². The molecule has 0 atom stereocenters. The van der Waals surface area contributed by atoms with Crippen LogP contribution in [0.2, 0.25) is 0 Å². The number of fused-ring (bicyclic) bond motifs is 1. The van der Waals surface area contributed by atoms with Gasteiger partial charge in [-0.1, -0.05) is 32.0 Å². The highest BCUT2D eigenvalue weighted by Gasteiger charge is 2.23. The van der Waals surface area contributed by atoms with Crippen molar-refractivity contribution in [1.82, 2.24) is 34.7 Å². The fourth-order valence-electron chi connectivity index (χ4n) is 5.39. The van der Waals surface area contributed by atoms with Crippen LogP contribution < -0.4 is 21.3 Å². The molecule has 41 heavy (non-hydrogen) atoms. The molecule has 0 bridgehead atoms. The normalized spacial score (nSPS) is 16.9. The van der Waals surface area contributed by atoms with Crippen LogP contribution in [0.4, 0.5) is 11.9 Å². The number of ether oxygens (including phenoxy) is 1. The quantitative estimate of drug-likeness (QED) is 0.298. The number of rotatable bonds is 8. The number of carbonyl (C=O) groups excluding carboxylic acids is 1. The molecule has 4 N–H and O–H groups in total. The molecule has 0 spiro atoms. The van der Waals surface area contributed by atoms with Crippen LogP contribution in [0.15, 0.2) is 42.9 Å². The fraction of sp³-hybridized carbons (Fsp3) is 0.483. The molecule has 2 aliphatic rings. The van der Waals surface area contributed by atoms with Gasteiger partial charge in [0.05, 0.1) is 23.6 Å². The second-order valence-corrected chi connectivity index (χ2v) is 11.2. The molecule has 2 aliphatic heterocycles. The van der Waals surface area contributed by atoms with Gasteiger partial charge in [-0.05, 0) is 43.2 Å². The molecule has 2 fully saturated rings. The number of amides is 1. The number of nitrogens with two attached hydrogens (primary N) is 1. The van der Waals surface area contributed by atoms with Gasteiger partial charge >= 0.3 is 0 Å². The summed E-state index contributed by atoms with van der Waals surface area (Å²) in [5.74, 6) is 1.47. The number of hydrogen-bond acceptors (Lipinski definition) is 9. The third kappa shape index (κ3) is 5.89. The minimum absolute atomic E-state index is 0.118. The van der Waals surface area contributed by atoms with Crippen molar-refractivity contribution in [1.29, 1.82) is 0 Å². The van der Waals surface area contributed by atoms with Gasteiger partial charge in [0, 0.05) is 56.7 Å². The van der Waals surface area contributed by atoms with Gasteiger partial charge in [-0.25, -0.2) is 4.68 Å². The van der Waals surface area contributed by atoms with Crippen LogP contribution in [0.1, 0.15) is 66.9 Å². The molecule has 3 aromatic heterocycles. The van der Waals surface area contributed by atoms with E-state index in [-0.39, 0.29) is 23.9 Å². The van der Waals surface area contributed by atoms with E-state index in [9.17, 15) is 4.79 Å². The van der Waals surface area contributed by atoms with Crippen molar-refractivity contribution in [2.75, 3.05) is 36.5 Å². The number of benzene rings is 1. The summed E-state index contributed by atoms with van der Waals surface area (Å²) in [5, 5.41) is 15.7. The minimum atomic E-state index is -0.118. The first kappa shape index (κ1) is 27.2. The highest BCUT2D eigenvalue weighted by Crippen LogP contribution is 2.25. The van der Waals surface area contributed by atoms with E-state index in [2.05, 4.69) is 39.6 Å². The molecule has 0 radical (unpaired) electrons. The zero-order chi connectivity index (χ0) is 28.3. The number of carbonyl (C=O) groups is 1. The van der Waals surface area contributed by atoms with Crippen molar-refractivity contribution in [3.05, 3.63) is 59.5 Å². The molecule has 0 unspecified atom stereocenters. The maximum atomic E-state index is 12.9. The van der Waals surface area contributed by atoms with Crippen molar-refractivity contribution in [2.24, 2.45) is 5.73 Å². The molecule has 1 amide bonds. The van der Waals surface area contributed by atoms with Crippen LogP contribution in [-0.4, -0.2) is 73.7 Å². The Balaban J connectivity index is 1.24. The van der Waals surface area contributed by atoms with E-state index in [1.165, 1.54) is 0 Å². The SMILES string of the molecule is CC(C)c1cnn2c(NCc3ccccc3-n3cc(C(=O)NC4CCOCC4)cn3)nc(N3CCC(N)CC3)nc12. The Bertz CT molecular complexity index is 1500. The van der Waals surface area contributed by atoms with Gasteiger partial charge in [-0.3, -0.25) is 4.79 Å². The van der Waals surface area contributed by atoms with Crippen molar-refractivity contribution in [2.45, 2.75) is 64.1 Å². The zero-order valence-corrected chi connectivity index (χ0v) is 23.7. The van der Waals surface area contributed by atoms with E-state index in [1.54, 1.807) is 21.6 Å². The Morgan fingerprint density at radius 2 is 1.85 bits per heavy atom. The molecule has 1 aromatic carbocycles. The van der Waals surface area contributed by atoms with Gasteiger partial charge in [-0.15, -0.1) is 0 Å². The van der Waals surface area contributed by atoms with Crippen LogP contribution in [0.5, 0.6) is 0 Å². The molecule has 216 valence electrons. The topological polar surface area (TPSA) is 141 Å². The second kappa shape index (κ2) is 11.8. The summed E-state index contributed by atoms with van der Waals surface area (Å²) in [7, 11) is 0. The first-order valence-corrected chi connectivity index (χ1v) is 14.5. The molecule has 6 rings (SSSR count). The third-order valence-corrected chi connectivity index (χ3v) is 7.90. The Morgan fingerprint density at radius 1 is 1.07 bits per heavy atom. The van der Waals surface area contributed by atoms with Crippen LogP contribution in [0, 0.1) is 0 Å².